The highest BCUT2D eigenvalue weighted by molar-refractivity contribution is 7.90. The molecule has 0 bridgehead atoms. The standard InChI is InChI=1S/C22H17N3O3S4/c1-32(27,28)15-8-9-17-19(13-15)31-22(24-17)25(11-10-14-5-4-12-29-14)21(26)20-23-16-6-2-3-7-18(16)30-20/h2-9,12-13H,10-11H2,1H3. The van der Waals surface area contributed by atoms with Crippen molar-refractivity contribution in [2.75, 3.05) is 17.7 Å². The minimum Gasteiger partial charge on any atom is -0.282 e. The summed E-state index contributed by atoms with van der Waals surface area (Å²) in [5.41, 5.74) is 1.46. The van der Waals surface area contributed by atoms with Gasteiger partial charge in [-0.05, 0) is 48.2 Å². The number of hydrogen-bond donors (Lipinski definition) is 0. The maximum Gasteiger partial charge on any atom is 0.289 e. The van der Waals surface area contributed by atoms with Crippen molar-refractivity contribution >= 4 is 75.3 Å². The molecule has 0 saturated heterocycles. The summed E-state index contributed by atoms with van der Waals surface area (Å²) >= 11 is 4.32. The van der Waals surface area contributed by atoms with Crippen molar-refractivity contribution in [3.05, 3.63) is 69.9 Å². The van der Waals surface area contributed by atoms with E-state index < -0.39 is 9.84 Å². The van der Waals surface area contributed by atoms with E-state index in [1.165, 1.54) is 33.8 Å². The van der Waals surface area contributed by atoms with Gasteiger partial charge in [0.15, 0.2) is 20.0 Å². The molecule has 3 heterocycles. The summed E-state index contributed by atoms with van der Waals surface area (Å²) in [6.45, 7) is 0.452. The number of carbonyl (C=O) groups is 1. The summed E-state index contributed by atoms with van der Waals surface area (Å²) in [5.74, 6) is -0.204. The number of benzene rings is 2. The predicted molar refractivity (Wildman–Crippen MR) is 132 cm³/mol. The monoisotopic (exact) mass is 499 g/mol. The molecule has 0 N–H and O–H groups in total. The van der Waals surface area contributed by atoms with Crippen LogP contribution < -0.4 is 4.90 Å². The average molecular weight is 500 g/mol. The van der Waals surface area contributed by atoms with Crippen molar-refractivity contribution in [3.63, 3.8) is 0 Å². The molecule has 0 fully saturated rings. The lowest BCUT2D eigenvalue weighted by molar-refractivity contribution is 0.0987. The average Bonchev–Trinajstić information content (AvgIpc) is 3.51. The van der Waals surface area contributed by atoms with Crippen LogP contribution in [0.5, 0.6) is 0 Å². The fraction of sp³-hybridized carbons (Fsp3) is 0.136. The molecule has 0 unspecified atom stereocenters. The van der Waals surface area contributed by atoms with Crippen LogP contribution in [0.3, 0.4) is 0 Å². The van der Waals surface area contributed by atoms with Crippen molar-refractivity contribution in [2.24, 2.45) is 0 Å². The van der Waals surface area contributed by atoms with E-state index in [0.29, 0.717) is 28.6 Å². The third kappa shape index (κ3) is 4.18. The lowest BCUT2D eigenvalue weighted by atomic mass is 10.3. The number of sulfone groups is 1. The van der Waals surface area contributed by atoms with E-state index in [9.17, 15) is 13.2 Å². The zero-order valence-corrected chi connectivity index (χ0v) is 20.2. The SMILES string of the molecule is CS(=O)(=O)c1ccc2nc(N(CCc3cccs3)C(=O)c3nc4ccccc4s3)sc2c1. The normalized spacial score (nSPS) is 11.9. The van der Waals surface area contributed by atoms with Crippen molar-refractivity contribution in [2.45, 2.75) is 11.3 Å². The van der Waals surface area contributed by atoms with Gasteiger partial charge < -0.3 is 0 Å². The maximum atomic E-state index is 13.5. The zero-order chi connectivity index (χ0) is 22.3. The summed E-state index contributed by atoms with van der Waals surface area (Å²) in [6, 6.07) is 16.6. The van der Waals surface area contributed by atoms with Gasteiger partial charge in [-0.3, -0.25) is 9.69 Å². The van der Waals surface area contributed by atoms with Gasteiger partial charge in [0.25, 0.3) is 5.91 Å². The molecule has 1 amide bonds. The summed E-state index contributed by atoms with van der Waals surface area (Å²) in [5, 5.41) is 2.96. The van der Waals surface area contributed by atoms with Crippen molar-refractivity contribution in [3.8, 4) is 0 Å². The van der Waals surface area contributed by atoms with Crippen LogP contribution in [0.1, 0.15) is 14.7 Å². The summed E-state index contributed by atoms with van der Waals surface area (Å²) in [7, 11) is -3.33. The van der Waals surface area contributed by atoms with Crippen LogP contribution in [0.15, 0.2) is 64.9 Å². The zero-order valence-electron chi connectivity index (χ0n) is 16.9. The molecular formula is C22H17N3O3S4. The molecular weight excluding hydrogens is 483 g/mol. The molecule has 0 saturated carbocycles. The van der Waals surface area contributed by atoms with E-state index in [2.05, 4.69) is 9.97 Å². The quantitative estimate of drug-likeness (QED) is 0.318. The molecule has 0 radical (unpaired) electrons. The molecule has 0 atom stereocenters. The largest absolute Gasteiger partial charge is 0.289 e. The third-order valence-electron chi connectivity index (χ3n) is 4.89. The number of carbonyl (C=O) groups excluding carboxylic acids is 1. The van der Waals surface area contributed by atoms with E-state index in [0.717, 1.165) is 14.9 Å². The highest BCUT2D eigenvalue weighted by Crippen LogP contribution is 2.33. The number of thiophene rings is 1. The Morgan fingerprint density at radius 2 is 1.78 bits per heavy atom. The lowest BCUT2D eigenvalue weighted by Crippen LogP contribution is -2.32. The highest BCUT2D eigenvalue weighted by atomic mass is 32.2. The van der Waals surface area contributed by atoms with E-state index in [4.69, 9.17) is 0 Å². The Kier molecular flexibility index (Phi) is 5.54. The second kappa shape index (κ2) is 8.36. The molecule has 5 rings (SSSR count). The number of hydrogen-bond acceptors (Lipinski definition) is 8. The van der Waals surface area contributed by atoms with E-state index in [-0.39, 0.29) is 10.8 Å². The fourth-order valence-corrected chi connectivity index (χ4v) is 6.64. The molecule has 0 aliphatic rings. The number of anilines is 1. The topological polar surface area (TPSA) is 80.2 Å². The number of fused-ring (bicyclic) bond motifs is 2. The number of aromatic nitrogens is 2. The van der Waals surface area contributed by atoms with E-state index >= 15 is 0 Å². The Balaban J connectivity index is 1.54. The maximum absolute atomic E-state index is 13.5. The highest BCUT2D eigenvalue weighted by Gasteiger charge is 2.25. The first-order valence-electron chi connectivity index (χ1n) is 9.69. The van der Waals surface area contributed by atoms with E-state index in [1.54, 1.807) is 34.4 Å². The Hall–Kier alpha value is -2.66. The van der Waals surface area contributed by atoms with Gasteiger partial charge in [0.1, 0.15) is 0 Å². The van der Waals surface area contributed by atoms with Gasteiger partial charge in [-0.1, -0.05) is 29.5 Å². The second-order valence-electron chi connectivity index (χ2n) is 7.17. The predicted octanol–water partition coefficient (Wildman–Crippen LogP) is 5.26. The third-order valence-corrected chi connectivity index (χ3v) is 9.00. The number of nitrogens with zero attached hydrogens (tertiary/aromatic N) is 3. The van der Waals surface area contributed by atoms with Crippen LogP contribution in [0, 0.1) is 0 Å². The molecule has 0 aliphatic carbocycles. The second-order valence-corrected chi connectivity index (χ2v) is 12.3. The van der Waals surface area contributed by atoms with Crippen molar-refractivity contribution in [1.82, 2.24) is 9.97 Å². The Bertz CT molecular complexity index is 1500. The van der Waals surface area contributed by atoms with Gasteiger partial charge in [-0.25, -0.2) is 18.4 Å². The molecule has 6 nitrogen and oxygen atoms in total. The number of thiazole rings is 2. The Morgan fingerprint density at radius 1 is 0.969 bits per heavy atom. The molecule has 3 aromatic heterocycles. The minimum atomic E-state index is -3.33. The van der Waals surface area contributed by atoms with Gasteiger partial charge in [0.05, 0.1) is 25.3 Å². The first-order valence-corrected chi connectivity index (χ1v) is 14.1. The molecule has 0 spiro atoms. The number of rotatable bonds is 6. The molecule has 162 valence electrons. The van der Waals surface area contributed by atoms with Gasteiger partial charge in [-0.15, -0.1) is 22.7 Å². The van der Waals surface area contributed by atoms with Gasteiger partial charge in [0, 0.05) is 17.7 Å². The van der Waals surface area contributed by atoms with E-state index in [1.807, 2.05) is 41.8 Å². The minimum absolute atomic E-state index is 0.204. The van der Waals surface area contributed by atoms with Gasteiger partial charge in [0.2, 0.25) is 0 Å². The van der Waals surface area contributed by atoms with Gasteiger partial charge in [-0.2, -0.15) is 0 Å². The lowest BCUT2D eigenvalue weighted by Gasteiger charge is -2.18. The van der Waals surface area contributed by atoms with Crippen LogP contribution in [0.2, 0.25) is 0 Å². The Labute approximate surface area is 196 Å². The summed E-state index contributed by atoms with van der Waals surface area (Å²) in [6.07, 6.45) is 1.87. The number of para-hydroxylation sites is 1. The van der Waals surface area contributed by atoms with Gasteiger partial charge >= 0.3 is 0 Å². The van der Waals surface area contributed by atoms with Crippen molar-refractivity contribution < 1.29 is 13.2 Å². The smallest absolute Gasteiger partial charge is 0.282 e. The molecule has 2 aromatic carbocycles. The molecule has 0 aliphatic heterocycles. The summed E-state index contributed by atoms with van der Waals surface area (Å²) < 4.78 is 25.6. The molecule has 5 aromatic rings. The first-order chi connectivity index (χ1) is 15.4. The van der Waals surface area contributed by atoms with Crippen LogP contribution in [-0.2, 0) is 16.3 Å². The number of amides is 1. The molecule has 10 heteroatoms. The van der Waals surface area contributed by atoms with Crippen molar-refractivity contribution in [1.29, 1.82) is 0 Å². The van der Waals surface area contributed by atoms with Crippen LogP contribution >= 0.6 is 34.0 Å². The van der Waals surface area contributed by atoms with Crippen LogP contribution in [-0.4, -0.2) is 37.1 Å². The summed E-state index contributed by atoms with van der Waals surface area (Å²) in [4.78, 5) is 25.8. The van der Waals surface area contributed by atoms with Crippen LogP contribution in [0.25, 0.3) is 20.4 Å². The fourth-order valence-electron chi connectivity index (χ4n) is 3.28. The molecule has 32 heavy (non-hydrogen) atoms. The first kappa shape index (κ1) is 21.2. The van der Waals surface area contributed by atoms with Crippen LogP contribution in [0.4, 0.5) is 5.13 Å². The Morgan fingerprint density at radius 3 is 2.53 bits per heavy atom.